The van der Waals surface area contributed by atoms with Gasteiger partial charge in [0.1, 0.15) is 0 Å². The average molecular weight is 185 g/mol. The number of carbonyl (C=O) groups excluding carboxylic acids is 1. The normalized spacial score (nSPS) is 6.45. The predicted molar refractivity (Wildman–Crippen MR) is 43.4 cm³/mol. The van der Waals surface area contributed by atoms with Crippen molar-refractivity contribution in [3.63, 3.8) is 0 Å². The van der Waals surface area contributed by atoms with Gasteiger partial charge in [-0.3, -0.25) is 4.79 Å². The molecule has 0 aliphatic carbocycles. The first-order valence-corrected chi connectivity index (χ1v) is 2.68. The summed E-state index contributed by atoms with van der Waals surface area (Å²) in [7, 11) is 0. The molecule has 0 atom stereocenters. The summed E-state index contributed by atoms with van der Waals surface area (Å²) in [5, 5.41) is 15.2. The molecule has 0 saturated heterocycles. The Morgan fingerprint density at radius 2 is 1.91 bits per heavy atom. The average Bonchev–Trinajstić information content (AvgIpc) is 1.89. The Balaban J connectivity index is -0.000000114. The van der Waals surface area contributed by atoms with Gasteiger partial charge in [0.2, 0.25) is 0 Å². The van der Waals surface area contributed by atoms with E-state index in [1.165, 1.54) is 6.92 Å². The fourth-order valence-corrected chi connectivity index (χ4v) is 0.117. The van der Waals surface area contributed by atoms with E-state index in [1.807, 2.05) is 0 Å². The lowest BCUT2D eigenvalue weighted by molar-refractivity contribution is -0.135. The summed E-state index contributed by atoms with van der Waals surface area (Å²) < 4.78 is 4.17. The number of ether oxygens (including phenoxy) is 1. The van der Waals surface area contributed by atoms with E-state index in [4.69, 9.17) is 10.2 Å². The van der Waals surface area contributed by atoms with Gasteiger partial charge >= 0.3 is 5.97 Å². The number of aliphatic hydroxyl groups excluding tert-OH is 2. The molecule has 0 fully saturated rings. The van der Waals surface area contributed by atoms with E-state index in [-0.39, 0.29) is 31.6 Å². The summed E-state index contributed by atoms with van der Waals surface area (Å²) in [6.45, 7) is 4.23. The fourth-order valence-electron chi connectivity index (χ4n) is 0.117. The molecule has 0 aromatic carbocycles. The Morgan fingerprint density at radius 3 is 1.91 bits per heavy atom. The number of hydrogen-bond acceptors (Lipinski definition) is 4. The molecule has 0 bridgehead atoms. The summed E-state index contributed by atoms with van der Waals surface area (Å²) >= 11 is 0. The van der Waals surface area contributed by atoms with E-state index < -0.39 is 0 Å². The number of esters is 1. The molecule has 0 heterocycles. The second kappa shape index (κ2) is 16.2. The zero-order chi connectivity index (χ0) is 8.41. The zero-order valence-corrected chi connectivity index (χ0v) is 7.13. The van der Waals surface area contributed by atoms with Gasteiger partial charge in [-0.15, -0.1) is 12.4 Å². The van der Waals surface area contributed by atoms with Gasteiger partial charge in [-0.2, -0.15) is 0 Å². The Kier molecular flexibility index (Phi) is 24.7. The van der Waals surface area contributed by atoms with Crippen molar-refractivity contribution in [2.45, 2.75) is 6.92 Å². The van der Waals surface area contributed by atoms with Crippen LogP contribution in [0.25, 0.3) is 0 Å². The van der Waals surface area contributed by atoms with Crippen molar-refractivity contribution in [2.24, 2.45) is 0 Å². The third kappa shape index (κ3) is 44.3. The standard InChI is InChI=1S/C4H6O2.C2H6O2.ClH/c1-3-6-4(2)5;3-1-2-4;/h3H,1H2,2H3;3-4H,1-2H2;1H. The largest absolute Gasteiger partial charge is 0.435 e. The molecular formula is C6H13ClO4. The smallest absolute Gasteiger partial charge is 0.307 e. The van der Waals surface area contributed by atoms with Gasteiger partial charge in [0.25, 0.3) is 0 Å². The summed E-state index contributed by atoms with van der Waals surface area (Å²) in [4.78, 5) is 9.75. The summed E-state index contributed by atoms with van der Waals surface area (Å²) in [6, 6.07) is 0. The molecule has 0 aromatic rings. The van der Waals surface area contributed by atoms with E-state index in [0.29, 0.717) is 0 Å². The lowest BCUT2D eigenvalue weighted by atomic mass is 10.8. The number of aliphatic hydroxyl groups is 2. The Hall–Kier alpha value is -0.580. The van der Waals surface area contributed by atoms with E-state index >= 15 is 0 Å². The van der Waals surface area contributed by atoms with Crippen LogP contribution in [-0.4, -0.2) is 29.4 Å². The molecule has 4 nitrogen and oxygen atoms in total. The van der Waals surface area contributed by atoms with Crippen molar-refractivity contribution in [1.29, 1.82) is 0 Å². The van der Waals surface area contributed by atoms with E-state index in [2.05, 4.69) is 11.3 Å². The van der Waals surface area contributed by atoms with Crippen LogP contribution in [0, 0.1) is 0 Å². The lowest BCUT2D eigenvalue weighted by Crippen LogP contribution is -1.87. The minimum Gasteiger partial charge on any atom is -0.435 e. The number of halogens is 1. The van der Waals surface area contributed by atoms with Crippen LogP contribution < -0.4 is 0 Å². The molecule has 0 saturated carbocycles. The maximum Gasteiger partial charge on any atom is 0.307 e. The molecular weight excluding hydrogens is 172 g/mol. The van der Waals surface area contributed by atoms with Crippen molar-refractivity contribution in [3.05, 3.63) is 12.8 Å². The molecule has 0 aliphatic rings. The quantitative estimate of drug-likeness (QED) is 0.472. The second-order valence-electron chi connectivity index (χ2n) is 1.22. The van der Waals surface area contributed by atoms with Crippen molar-refractivity contribution in [2.75, 3.05) is 13.2 Å². The van der Waals surface area contributed by atoms with Crippen molar-refractivity contribution < 1.29 is 19.7 Å². The maximum absolute atomic E-state index is 9.75. The first-order valence-electron chi connectivity index (χ1n) is 2.68. The van der Waals surface area contributed by atoms with Crippen LogP contribution in [0.3, 0.4) is 0 Å². The molecule has 11 heavy (non-hydrogen) atoms. The third-order valence-corrected chi connectivity index (χ3v) is 0.349. The molecule has 0 aromatic heterocycles. The molecule has 0 radical (unpaired) electrons. The summed E-state index contributed by atoms with van der Waals surface area (Å²) in [5.74, 6) is -0.329. The van der Waals surface area contributed by atoms with Gasteiger partial charge in [-0.05, 0) is 0 Å². The van der Waals surface area contributed by atoms with Crippen LogP contribution in [0.1, 0.15) is 6.92 Å². The minimum absolute atomic E-state index is 0. The van der Waals surface area contributed by atoms with Crippen LogP contribution in [0.15, 0.2) is 12.8 Å². The van der Waals surface area contributed by atoms with Crippen LogP contribution in [0.2, 0.25) is 0 Å². The molecule has 0 amide bonds. The molecule has 0 unspecified atom stereocenters. The highest BCUT2D eigenvalue weighted by atomic mass is 35.5. The SMILES string of the molecule is C=COC(C)=O.Cl.OCCO. The Bertz CT molecular complexity index is 92.6. The van der Waals surface area contributed by atoms with E-state index in [1.54, 1.807) is 0 Å². The number of hydrogen-bond donors (Lipinski definition) is 2. The summed E-state index contributed by atoms with van der Waals surface area (Å²) in [6.07, 6.45) is 1.10. The van der Waals surface area contributed by atoms with E-state index in [0.717, 1.165) is 6.26 Å². The second-order valence-corrected chi connectivity index (χ2v) is 1.22. The molecule has 0 aliphatic heterocycles. The highest BCUT2D eigenvalue weighted by Gasteiger charge is 1.79. The van der Waals surface area contributed by atoms with Gasteiger partial charge < -0.3 is 14.9 Å². The summed E-state index contributed by atoms with van der Waals surface area (Å²) in [5.41, 5.74) is 0. The van der Waals surface area contributed by atoms with Crippen molar-refractivity contribution in [3.8, 4) is 0 Å². The first-order chi connectivity index (χ1) is 4.68. The minimum atomic E-state index is -0.329. The highest BCUT2D eigenvalue weighted by molar-refractivity contribution is 5.85. The Morgan fingerprint density at radius 1 is 1.55 bits per heavy atom. The highest BCUT2D eigenvalue weighted by Crippen LogP contribution is 1.70. The van der Waals surface area contributed by atoms with Gasteiger partial charge in [0.15, 0.2) is 0 Å². The van der Waals surface area contributed by atoms with Crippen LogP contribution in [0.5, 0.6) is 0 Å². The number of rotatable bonds is 2. The van der Waals surface area contributed by atoms with Crippen LogP contribution in [-0.2, 0) is 9.53 Å². The molecule has 68 valence electrons. The van der Waals surface area contributed by atoms with Crippen LogP contribution >= 0.6 is 12.4 Å². The van der Waals surface area contributed by atoms with Gasteiger partial charge in [-0.25, -0.2) is 0 Å². The first kappa shape index (κ1) is 16.8. The molecule has 0 rings (SSSR count). The van der Waals surface area contributed by atoms with Crippen molar-refractivity contribution in [1.82, 2.24) is 0 Å². The van der Waals surface area contributed by atoms with Gasteiger partial charge in [-0.1, -0.05) is 6.58 Å². The fraction of sp³-hybridized carbons (Fsp3) is 0.500. The lowest BCUT2D eigenvalue weighted by Gasteiger charge is -1.83. The monoisotopic (exact) mass is 184 g/mol. The molecule has 0 spiro atoms. The maximum atomic E-state index is 9.75. The molecule has 5 heteroatoms. The third-order valence-electron chi connectivity index (χ3n) is 0.349. The van der Waals surface area contributed by atoms with Gasteiger partial charge in [0.05, 0.1) is 19.5 Å². The Labute approximate surface area is 71.9 Å². The van der Waals surface area contributed by atoms with Crippen molar-refractivity contribution >= 4 is 18.4 Å². The predicted octanol–water partition coefficient (Wildman–Crippen LogP) is 0.0858. The molecule has 2 N–H and O–H groups in total. The number of carbonyl (C=O) groups is 1. The van der Waals surface area contributed by atoms with E-state index in [9.17, 15) is 4.79 Å². The zero-order valence-electron chi connectivity index (χ0n) is 6.32. The topological polar surface area (TPSA) is 66.8 Å². The van der Waals surface area contributed by atoms with Crippen LogP contribution in [0.4, 0.5) is 0 Å². The van der Waals surface area contributed by atoms with Gasteiger partial charge in [0, 0.05) is 6.92 Å².